The molecule has 2 rings (SSSR count). The Balaban J connectivity index is 2.13. The fourth-order valence-electron chi connectivity index (χ4n) is 2.57. The van der Waals surface area contributed by atoms with Gasteiger partial charge in [0.05, 0.1) is 6.04 Å². The van der Waals surface area contributed by atoms with Crippen molar-refractivity contribution in [3.8, 4) is 0 Å². The first-order valence-corrected chi connectivity index (χ1v) is 6.41. The predicted molar refractivity (Wildman–Crippen MR) is 67.4 cm³/mol. The minimum Gasteiger partial charge on any atom is -0.364 e. The third-order valence-electron chi connectivity index (χ3n) is 3.67. The minimum atomic E-state index is 0.557. The van der Waals surface area contributed by atoms with Gasteiger partial charge in [0.25, 0.3) is 0 Å². The minimum absolute atomic E-state index is 0.557. The van der Waals surface area contributed by atoms with Gasteiger partial charge in [0.15, 0.2) is 0 Å². The van der Waals surface area contributed by atoms with Crippen molar-refractivity contribution in [2.75, 3.05) is 26.2 Å². The van der Waals surface area contributed by atoms with E-state index in [1.54, 1.807) is 0 Å². The third-order valence-corrected chi connectivity index (χ3v) is 3.67. The van der Waals surface area contributed by atoms with Gasteiger partial charge in [0, 0.05) is 38.1 Å². The van der Waals surface area contributed by atoms with Crippen LogP contribution in [0.2, 0.25) is 0 Å². The van der Waals surface area contributed by atoms with Crippen LogP contribution in [0.5, 0.6) is 0 Å². The summed E-state index contributed by atoms with van der Waals surface area (Å²) in [7, 11) is 0. The van der Waals surface area contributed by atoms with Gasteiger partial charge >= 0.3 is 0 Å². The van der Waals surface area contributed by atoms with E-state index in [2.05, 4.69) is 41.2 Å². The van der Waals surface area contributed by atoms with Crippen LogP contribution in [-0.2, 0) is 0 Å². The summed E-state index contributed by atoms with van der Waals surface area (Å²) in [4.78, 5) is 6.00. The van der Waals surface area contributed by atoms with Gasteiger partial charge in [-0.3, -0.25) is 4.90 Å². The van der Waals surface area contributed by atoms with Crippen LogP contribution in [0.15, 0.2) is 18.3 Å². The second-order valence-electron chi connectivity index (χ2n) is 4.74. The molecule has 1 aromatic heterocycles. The number of nitrogens with one attached hydrogen (secondary N) is 2. The molecule has 0 aromatic carbocycles. The maximum atomic E-state index is 3.42. The fraction of sp³-hybridized carbons (Fsp3) is 0.692. The Morgan fingerprint density at radius 3 is 2.69 bits per heavy atom. The van der Waals surface area contributed by atoms with E-state index < -0.39 is 0 Å². The highest BCUT2D eigenvalue weighted by atomic mass is 15.2. The van der Waals surface area contributed by atoms with Crippen LogP contribution in [0.4, 0.5) is 0 Å². The normalized spacial score (nSPS) is 21.9. The molecule has 0 saturated carbocycles. The van der Waals surface area contributed by atoms with E-state index in [1.807, 2.05) is 6.20 Å². The molecule has 90 valence electrons. The van der Waals surface area contributed by atoms with Crippen molar-refractivity contribution in [1.29, 1.82) is 0 Å². The Morgan fingerprint density at radius 1 is 1.38 bits per heavy atom. The van der Waals surface area contributed by atoms with Crippen LogP contribution in [-0.4, -0.2) is 36.1 Å². The zero-order valence-electron chi connectivity index (χ0n) is 10.4. The Morgan fingerprint density at radius 2 is 2.12 bits per heavy atom. The molecule has 3 heteroatoms. The SMILES string of the molecule is CCC(C)[C@@H](c1ccc[nH]1)N1CCNCC1. The van der Waals surface area contributed by atoms with Gasteiger partial charge < -0.3 is 10.3 Å². The highest BCUT2D eigenvalue weighted by molar-refractivity contribution is 5.11. The molecule has 1 aliphatic heterocycles. The summed E-state index contributed by atoms with van der Waals surface area (Å²) in [5.41, 5.74) is 1.37. The first-order chi connectivity index (χ1) is 7.83. The lowest BCUT2D eigenvalue weighted by atomic mass is 9.94. The van der Waals surface area contributed by atoms with E-state index in [0.29, 0.717) is 12.0 Å². The third kappa shape index (κ3) is 2.47. The van der Waals surface area contributed by atoms with Gasteiger partial charge in [-0.25, -0.2) is 0 Å². The van der Waals surface area contributed by atoms with Crippen molar-refractivity contribution in [3.05, 3.63) is 24.0 Å². The lowest BCUT2D eigenvalue weighted by Crippen LogP contribution is -2.46. The van der Waals surface area contributed by atoms with Crippen LogP contribution in [0.3, 0.4) is 0 Å². The molecular formula is C13H23N3. The lowest BCUT2D eigenvalue weighted by Gasteiger charge is -2.37. The summed E-state index contributed by atoms with van der Waals surface area (Å²) in [6.45, 7) is 9.19. The van der Waals surface area contributed by atoms with E-state index in [1.165, 1.54) is 12.1 Å². The van der Waals surface area contributed by atoms with Crippen LogP contribution >= 0.6 is 0 Å². The number of piperazine rings is 1. The van der Waals surface area contributed by atoms with Gasteiger partial charge in [0.2, 0.25) is 0 Å². The second-order valence-corrected chi connectivity index (χ2v) is 4.74. The predicted octanol–water partition coefficient (Wildman–Crippen LogP) is 2.01. The van der Waals surface area contributed by atoms with Gasteiger partial charge in [-0.1, -0.05) is 20.3 Å². The summed E-state index contributed by atoms with van der Waals surface area (Å²) in [5, 5.41) is 3.42. The monoisotopic (exact) mass is 221 g/mol. The maximum absolute atomic E-state index is 3.42. The van der Waals surface area contributed by atoms with Crippen molar-refractivity contribution >= 4 is 0 Å². The van der Waals surface area contributed by atoms with Gasteiger partial charge in [-0.2, -0.15) is 0 Å². The average molecular weight is 221 g/mol. The van der Waals surface area contributed by atoms with Crippen LogP contribution < -0.4 is 5.32 Å². The van der Waals surface area contributed by atoms with Crippen LogP contribution in [0.1, 0.15) is 32.0 Å². The average Bonchev–Trinajstić information content (AvgIpc) is 2.84. The summed E-state index contributed by atoms with van der Waals surface area (Å²) in [6, 6.07) is 4.88. The zero-order valence-corrected chi connectivity index (χ0v) is 10.4. The van der Waals surface area contributed by atoms with Crippen molar-refractivity contribution in [2.24, 2.45) is 5.92 Å². The second kappa shape index (κ2) is 5.51. The van der Waals surface area contributed by atoms with Crippen LogP contribution in [0, 0.1) is 5.92 Å². The lowest BCUT2D eigenvalue weighted by molar-refractivity contribution is 0.126. The Kier molecular flexibility index (Phi) is 4.02. The van der Waals surface area contributed by atoms with Crippen molar-refractivity contribution in [3.63, 3.8) is 0 Å². The van der Waals surface area contributed by atoms with E-state index in [9.17, 15) is 0 Å². The zero-order chi connectivity index (χ0) is 11.4. The van der Waals surface area contributed by atoms with Crippen molar-refractivity contribution in [2.45, 2.75) is 26.3 Å². The molecule has 16 heavy (non-hydrogen) atoms. The quantitative estimate of drug-likeness (QED) is 0.815. The highest BCUT2D eigenvalue weighted by Gasteiger charge is 2.26. The molecule has 0 radical (unpaired) electrons. The van der Waals surface area contributed by atoms with E-state index in [-0.39, 0.29) is 0 Å². The summed E-state index contributed by atoms with van der Waals surface area (Å²) < 4.78 is 0. The molecule has 3 nitrogen and oxygen atoms in total. The summed E-state index contributed by atoms with van der Waals surface area (Å²) in [5.74, 6) is 0.705. The van der Waals surface area contributed by atoms with E-state index in [0.717, 1.165) is 26.2 Å². The number of aromatic amines is 1. The molecule has 2 N–H and O–H groups in total. The molecule has 0 aliphatic carbocycles. The fourth-order valence-corrected chi connectivity index (χ4v) is 2.57. The number of rotatable bonds is 4. The number of nitrogens with zero attached hydrogens (tertiary/aromatic N) is 1. The first kappa shape index (κ1) is 11.7. The van der Waals surface area contributed by atoms with Crippen molar-refractivity contribution in [1.82, 2.24) is 15.2 Å². The topological polar surface area (TPSA) is 31.1 Å². The smallest absolute Gasteiger partial charge is 0.0524 e. The molecule has 0 bridgehead atoms. The maximum Gasteiger partial charge on any atom is 0.0524 e. The molecule has 2 heterocycles. The van der Waals surface area contributed by atoms with E-state index in [4.69, 9.17) is 0 Å². The standard InChI is InChI=1S/C13H23N3/c1-3-11(2)13(12-5-4-6-15-12)16-9-7-14-8-10-16/h4-6,11,13-15H,3,7-10H2,1-2H3/t11?,13-/m0/s1. The Bertz CT molecular complexity index is 288. The van der Waals surface area contributed by atoms with Gasteiger partial charge in [-0.15, -0.1) is 0 Å². The molecular weight excluding hydrogens is 198 g/mol. The highest BCUT2D eigenvalue weighted by Crippen LogP contribution is 2.29. The molecule has 1 saturated heterocycles. The molecule has 1 aromatic rings. The van der Waals surface area contributed by atoms with Crippen molar-refractivity contribution < 1.29 is 0 Å². The van der Waals surface area contributed by atoms with Crippen LogP contribution in [0.25, 0.3) is 0 Å². The number of hydrogen-bond donors (Lipinski definition) is 2. The Labute approximate surface area is 98.2 Å². The largest absolute Gasteiger partial charge is 0.364 e. The number of H-pyrrole nitrogens is 1. The van der Waals surface area contributed by atoms with E-state index >= 15 is 0 Å². The van der Waals surface area contributed by atoms with Gasteiger partial charge in [0.1, 0.15) is 0 Å². The molecule has 0 spiro atoms. The molecule has 1 aliphatic rings. The number of aromatic nitrogens is 1. The number of hydrogen-bond acceptors (Lipinski definition) is 2. The molecule has 0 amide bonds. The Hall–Kier alpha value is -0.800. The molecule has 2 atom stereocenters. The summed E-state index contributed by atoms with van der Waals surface area (Å²) in [6.07, 6.45) is 3.26. The molecule has 1 fully saturated rings. The van der Waals surface area contributed by atoms with Gasteiger partial charge in [-0.05, 0) is 18.1 Å². The molecule has 1 unspecified atom stereocenters. The first-order valence-electron chi connectivity index (χ1n) is 6.41. The summed E-state index contributed by atoms with van der Waals surface area (Å²) >= 11 is 0.